The highest BCUT2D eigenvalue weighted by atomic mass is 35.5. The average Bonchev–Trinajstić information content (AvgIpc) is 3.30. The standard InChI is InChI=1S/C24H27ClN2O2S/c1-4-24(2,3)17-8-9-20-16(10-17)12-21(15-6-5-7-18(25)11-15)27(20)23-26-19(14-30-23)13-22(28)29/h5-7,11-12,14,17H,4,8-10,13H2,1-3H3,(H,28,29). The van der Waals surface area contributed by atoms with E-state index in [1.807, 2.05) is 23.6 Å². The van der Waals surface area contributed by atoms with E-state index in [0.29, 0.717) is 22.0 Å². The van der Waals surface area contributed by atoms with Gasteiger partial charge in [-0.3, -0.25) is 9.36 Å². The molecule has 0 radical (unpaired) electrons. The van der Waals surface area contributed by atoms with Crippen molar-refractivity contribution in [3.63, 3.8) is 0 Å². The topological polar surface area (TPSA) is 55.1 Å². The highest BCUT2D eigenvalue weighted by molar-refractivity contribution is 7.12. The van der Waals surface area contributed by atoms with Crippen LogP contribution >= 0.6 is 22.9 Å². The summed E-state index contributed by atoms with van der Waals surface area (Å²) in [6.07, 6.45) is 4.32. The fourth-order valence-electron chi connectivity index (χ4n) is 4.40. The molecule has 0 aliphatic heterocycles. The van der Waals surface area contributed by atoms with Gasteiger partial charge in [-0.05, 0) is 54.4 Å². The largest absolute Gasteiger partial charge is 0.481 e. The van der Waals surface area contributed by atoms with E-state index in [1.54, 1.807) is 0 Å². The zero-order valence-electron chi connectivity index (χ0n) is 17.6. The third kappa shape index (κ3) is 4.06. The number of aliphatic carboxylic acids is 1. The number of carboxylic acids is 1. The van der Waals surface area contributed by atoms with Gasteiger partial charge in [-0.2, -0.15) is 0 Å². The van der Waals surface area contributed by atoms with Gasteiger partial charge in [-0.15, -0.1) is 11.3 Å². The van der Waals surface area contributed by atoms with E-state index in [-0.39, 0.29) is 6.42 Å². The summed E-state index contributed by atoms with van der Waals surface area (Å²) in [5, 5.41) is 12.5. The lowest BCUT2D eigenvalue weighted by Gasteiger charge is -2.36. The Morgan fingerprint density at radius 3 is 2.87 bits per heavy atom. The lowest BCUT2D eigenvalue weighted by molar-refractivity contribution is -0.136. The maximum absolute atomic E-state index is 11.1. The van der Waals surface area contributed by atoms with Crippen molar-refractivity contribution < 1.29 is 9.90 Å². The van der Waals surface area contributed by atoms with Gasteiger partial charge in [-0.1, -0.05) is 50.9 Å². The minimum absolute atomic E-state index is 0.0563. The molecule has 0 saturated heterocycles. The summed E-state index contributed by atoms with van der Waals surface area (Å²) in [5.74, 6) is -0.210. The zero-order valence-corrected chi connectivity index (χ0v) is 19.2. The van der Waals surface area contributed by atoms with E-state index in [2.05, 4.69) is 42.5 Å². The molecular formula is C24H27ClN2O2S. The number of halogens is 1. The molecule has 6 heteroatoms. The smallest absolute Gasteiger partial charge is 0.309 e. The third-order valence-corrected chi connectivity index (χ3v) is 7.70. The van der Waals surface area contributed by atoms with Crippen molar-refractivity contribution >= 4 is 28.9 Å². The molecule has 1 aliphatic rings. The van der Waals surface area contributed by atoms with Gasteiger partial charge in [0.2, 0.25) is 0 Å². The Labute approximate surface area is 186 Å². The molecule has 0 fully saturated rings. The second-order valence-corrected chi connectivity index (χ2v) is 10.1. The molecule has 0 saturated carbocycles. The number of benzene rings is 1. The number of nitrogens with zero attached hydrogens (tertiary/aromatic N) is 2. The van der Waals surface area contributed by atoms with E-state index in [1.165, 1.54) is 29.0 Å². The van der Waals surface area contributed by atoms with E-state index >= 15 is 0 Å². The van der Waals surface area contributed by atoms with Crippen molar-refractivity contribution in [1.82, 2.24) is 9.55 Å². The molecule has 1 unspecified atom stereocenters. The maximum atomic E-state index is 11.1. The Bertz CT molecular complexity index is 1080. The first kappa shape index (κ1) is 21.1. The van der Waals surface area contributed by atoms with Crippen LogP contribution in [0.1, 0.15) is 50.6 Å². The van der Waals surface area contributed by atoms with Crippen molar-refractivity contribution in [2.24, 2.45) is 11.3 Å². The predicted molar refractivity (Wildman–Crippen MR) is 123 cm³/mol. The molecule has 1 N–H and O–H groups in total. The van der Waals surface area contributed by atoms with Crippen molar-refractivity contribution in [3.8, 4) is 16.4 Å². The molecule has 1 atom stereocenters. The minimum Gasteiger partial charge on any atom is -0.481 e. The highest BCUT2D eigenvalue weighted by Crippen LogP contribution is 2.43. The quantitative estimate of drug-likeness (QED) is 0.479. The van der Waals surface area contributed by atoms with E-state index in [4.69, 9.17) is 16.7 Å². The van der Waals surface area contributed by atoms with Crippen molar-refractivity contribution in [2.75, 3.05) is 0 Å². The summed E-state index contributed by atoms with van der Waals surface area (Å²) in [6.45, 7) is 7.02. The summed E-state index contributed by atoms with van der Waals surface area (Å²) in [7, 11) is 0. The van der Waals surface area contributed by atoms with Gasteiger partial charge in [0.15, 0.2) is 5.13 Å². The summed E-state index contributed by atoms with van der Waals surface area (Å²) in [4.78, 5) is 15.8. The minimum atomic E-state index is -0.860. The molecule has 2 heterocycles. The SMILES string of the molecule is CCC(C)(C)C1CCc2c(cc(-c3cccc(Cl)c3)n2-c2nc(CC(=O)O)cs2)C1. The molecule has 4 rings (SSSR count). The lowest BCUT2D eigenvalue weighted by atomic mass is 9.69. The number of aromatic nitrogens is 2. The number of fused-ring (bicyclic) bond motifs is 1. The Hall–Kier alpha value is -2.11. The number of thiazole rings is 1. The second kappa shape index (κ2) is 8.20. The van der Waals surface area contributed by atoms with Gasteiger partial charge in [0.1, 0.15) is 0 Å². The third-order valence-electron chi connectivity index (χ3n) is 6.59. The first-order valence-electron chi connectivity index (χ1n) is 10.4. The van der Waals surface area contributed by atoms with Crippen LogP contribution in [-0.4, -0.2) is 20.6 Å². The molecule has 0 amide bonds. The molecular weight excluding hydrogens is 416 g/mol. The lowest BCUT2D eigenvalue weighted by Crippen LogP contribution is -2.29. The van der Waals surface area contributed by atoms with E-state index in [0.717, 1.165) is 35.7 Å². The number of hydrogen-bond donors (Lipinski definition) is 1. The van der Waals surface area contributed by atoms with E-state index < -0.39 is 5.97 Å². The summed E-state index contributed by atoms with van der Waals surface area (Å²) < 4.78 is 2.23. The summed E-state index contributed by atoms with van der Waals surface area (Å²) in [6, 6.07) is 10.2. The number of rotatable bonds is 6. The Balaban J connectivity index is 1.82. The first-order chi connectivity index (χ1) is 14.3. The van der Waals surface area contributed by atoms with Crippen LogP contribution in [0, 0.1) is 11.3 Å². The molecule has 1 aromatic carbocycles. The molecule has 4 nitrogen and oxygen atoms in total. The van der Waals surface area contributed by atoms with Gasteiger partial charge >= 0.3 is 5.97 Å². The van der Waals surface area contributed by atoms with Crippen LogP contribution in [0.3, 0.4) is 0 Å². The predicted octanol–water partition coefficient (Wildman–Crippen LogP) is 6.42. The zero-order chi connectivity index (χ0) is 21.5. The van der Waals surface area contributed by atoms with Gasteiger partial charge in [0.05, 0.1) is 17.8 Å². The van der Waals surface area contributed by atoms with Crippen LogP contribution in [0.25, 0.3) is 16.4 Å². The Morgan fingerprint density at radius 1 is 1.37 bits per heavy atom. The fraction of sp³-hybridized carbons (Fsp3) is 0.417. The highest BCUT2D eigenvalue weighted by Gasteiger charge is 2.33. The molecule has 0 bridgehead atoms. The average molecular weight is 443 g/mol. The molecule has 2 aromatic heterocycles. The van der Waals surface area contributed by atoms with E-state index in [9.17, 15) is 4.79 Å². The molecule has 0 spiro atoms. The van der Waals surface area contributed by atoms with Crippen LogP contribution in [0.15, 0.2) is 35.7 Å². The van der Waals surface area contributed by atoms with Crippen LogP contribution in [0.4, 0.5) is 0 Å². The Kier molecular flexibility index (Phi) is 5.78. The van der Waals surface area contributed by atoms with Gasteiger partial charge < -0.3 is 5.11 Å². The van der Waals surface area contributed by atoms with Gasteiger partial charge in [0.25, 0.3) is 0 Å². The number of carboxylic acid groups (broad SMARTS) is 1. The van der Waals surface area contributed by atoms with Crippen LogP contribution in [0.5, 0.6) is 0 Å². The molecule has 30 heavy (non-hydrogen) atoms. The normalized spacial score (nSPS) is 16.5. The molecule has 1 aliphatic carbocycles. The van der Waals surface area contributed by atoms with Crippen molar-refractivity contribution in [1.29, 1.82) is 0 Å². The number of hydrogen-bond acceptors (Lipinski definition) is 3. The monoisotopic (exact) mass is 442 g/mol. The molecule has 158 valence electrons. The summed E-state index contributed by atoms with van der Waals surface area (Å²) >= 11 is 7.80. The Morgan fingerprint density at radius 2 is 2.17 bits per heavy atom. The molecule has 3 aromatic rings. The van der Waals surface area contributed by atoms with Crippen molar-refractivity contribution in [3.05, 3.63) is 57.7 Å². The summed E-state index contributed by atoms with van der Waals surface area (Å²) in [5.41, 5.74) is 5.71. The van der Waals surface area contributed by atoms with Crippen LogP contribution in [-0.2, 0) is 24.1 Å². The first-order valence-corrected chi connectivity index (χ1v) is 11.7. The van der Waals surface area contributed by atoms with Crippen molar-refractivity contribution in [2.45, 2.75) is 52.9 Å². The van der Waals surface area contributed by atoms with Crippen LogP contribution in [0.2, 0.25) is 5.02 Å². The fourth-order valence-corrected chi connectivity index (χ4v) is 5.45. The van der Waals surface area contributed by atoms with Gasteiger partial charge in [0, 0.05) is 21.7 Å². The second-order valence-electron chi connectivity index (χ2n) is 8.82. The number of carbonyl (C=O) groups is 1. The van der Waals surface area contributed by atoms with Crippen LogP contribution < -0.4 is 0 Å². The van der Waals surface area contributed by atoms with Gasteiger partial charge in [-0.25, -0.2) is 4.98 Å². The maximum Gasteiger partial charge on any atom is 0.309 e.